The number of hydrogen-bond acceptors (Lipinski definition) is 3. The number of halogens is 3. The van der Waals surface area contributed by atoms with E-state index in [2.05, 4.69) is 10.3 Å². The summed E-state index contributed by atoms with van der Waals surface area (Å²) in [6, 6.07) is 7.59. The zero-order valence-corrected chi connectivity index (χ0v) is 12.7. The second-order valence-corrected chi connectivity index (χ2v) is 5.03. The van der Waals surface area contributed by atoms with Crippen molar-refractivity contribution in [3.8, 4) is 5.75 Å². The molecule has 0 saturated carbocycles. The average Bonchev–Trinajstić information content (AvgIpc) is 2.52. The van der Waals surface area contributed by atoms with Gasteiger partial charge in [-0.15, -0.1) is 0 Å². The molecule has 24 heavy (non-hydrogen) atoms. The number of hydrogen-bond donors (Lipinski definition) is 2. The summed E-state index contributed by atoms with van der Waals surface area (Å²) in [4.78, 5) is 25.5. The van der Waals surface area contributed by atoms with E-state index in [0.717, 1.165) is 12.1 Å². The van der Waals surface area contributed by atoms with Crippen molar-refractivity contribution in [2.45, 2.75) is 25.7 Å². The number of aromatic amines is 1. The Morgan fingerprint density at radius 2 is 2.00 bits per heavy atom. The molecule has 2 N–H and O–H groups in total. The van der Waals surface area contributed by atoms with Gasteiger partial charge in [0.15, 0.2) is 6.10 Å². The fourth-order valence-corrected chi connectivity index (χ4v) is 1.98. The highest BCUT2D eigenvalue weighted by Crippen LogP contribution is 2.36. The van der Waals surface area contributed by atoms with Crippen molar-refractivity contribution in [2.24, 2.45) is 0 Å². The number of alkyl halides is 3. The molecular formula is C16H15F3N2O3. The fraction of sp³-hybridized carbons (Fsp3) is 0.250. The zero-order chi connectivity index (χ0) is 17.7. The van der Waals surface area contributed by atoms with Gasteiger partial charge in [-0.1, -0.05) is 12.1 Å². The molecule has 0 bridgehead atoms. The highest BCUT2D eigenvalue weighted by molar-refractivity contribution is 5.80. The number of carbonyl (C=O) groups excluding carboxylic acids is 1. The molecule has 0 fully saturated rings. The molecular weight excluding hydrogens is 325 g/mol. The third-order valence-corrected chi connectivity index (χ3v) is 3.17. The van der Waals surface area contributed by atoms with E-state index in [1.807, 2.05) is 0 Å². The Morgan fingerprint density at radius 1 is 1.29 bits per heavy atom. The molecule has 0 saturated heterocycles. The molecule has 0 radical (unpaired) electrons. The van der Waals surface area contributed by atoms with Crippen LogP contribution in [0.1, 0.15) is 18.1 Å². The second-order valence-electron chi connectivity index (χ2n) is 5.03. The first-order valence-corrected chi connectivity index (χ1v) is 7.05. The maximum Gasteiger partial charge on any atom is 0.419 e. The van der Waals surface area contributed by atoms with Gasteiger partial charge in [0.2, 0.25) is 5.56 Å². The van der Waals surface area contributed by atoms with Gasteiger partial charge >= 0.3 is 6.18 Å². The first-order chi connectivity index (χ1) is 11.3. The van der Waals surface area contributed by atoms with Crippen LogP contribution in [0.15, 0.2) is 47.4 Å². The van der Waals surface area contributed by atoms with Crippen molar-refractivity contribution in [3.05, 3.63) is 64.1 Å². The number of ether oxygens (including phenoxy) is 1. The molecule has 1 heterocycles. The molecule has 1 aromatic heterocycles. The van der Waals surface area contributed by atoms with E-state index in [0.29, 0.717) is 5.56 Å². The lowest BCUT2D eigenvalue weighted by Crippen LogP contribution is -2.36. The van der Waals surface area contributed by atoms with Crippen LogP contribution in [0.2, 0.25) is 0 Å². The standard InChI is InChI=1S/C16H15F3N2O3/c1-10(15(23)21-9-11-6-7-20-14(22)8-11)24-13-5-3-2-4-12(13)16(17,18)19/h2-8,10H,9H2,1H3,(H,20,22)(H,21,23)/t10-/m0/s1. The lowest BCUT2D eigenvalue weighted by atomic mass is 10.2. The zero-order valence-electron chi connectivity index (χ0n) is 12.7. The third kappa shape index (κ3) is 4.61. The third-order valence-electron chi connectivity index (χ3n) is 3.17. The lowest BCUT2D eigenvalue weighted by Gasteiger charge is -2.18. The number of nitrogens with one attached hydrogen (secondary N) is 2. The number of H-pyrrole nitrogens is 1. The maximum absolute atomic E-state index is 12.9. The van der Waals surface area contributed by atoms with Crippen LogP contribution in [0.25, 0.3) is 0 Å². The Labute approximate surface area is 135 Å². The topological polar surface area (TPSA) is 71.2 Å². The van der Waals surface area contributed by atoms with E-state index in [4.69, 9.17) is 4.74 Å². The van der Waals surface area contributed by atoms with Gasteiger partial charge < -0.3 is 15.0 Å². The second kappa shape index (κ2) is 7.20. The Balaban J connectivity index is 2.01. The minimum atomic E-state index is -4.57. The van der Waals surface area contributed by atoms with Crippen LogP contribution in [-0.4, -0.2) is 17.0 Å². The molecule has 8 heteroatoms. The van der Waals surface area contributed by atoms with E-state index in [1.165, 1.54) is 31.3 Å². The number of benzene rings is 1. The summed E-state index contributed by atoms with van der Waals surface area (Å²) in [7, 11) is 0. The predicted octanol–water partition coefficient (Wildman–Crippen LogP) is 2.48. The van der Waals surface area contributed by atoms with Gasteiger partial charge in [0.1, 0.15) is 5.75 Å². The van der Waals surface area contributed by atoms with Gasteiger partial charge in [0.05, 0.1) is 5.56 Å². The molecule has 2 rings (SSSR count). The smallest absolute Gasteiger partial charge is 0.419 e. The summed E-state index contributed by atoms with van der Waals surface area (Å²) in [5, 5.41) is 2.51. The van der Waals surface area contributed by atoms with Crippen molar-refractivity contribution in [3.63, 3.8) is 0 Å². The summed E-state index contributed by atoms with van der Waals surface area (Å²) in [6.07, 6.45) is -4.27. The van der Waals surface area contributed by atoms with E-state index in [1.54, 1.807) is 6.07 Å². The van der Waals surface area contributed by atoms with E-state index in [9.17, 15) is 22.8 Å². The molecule has 0 unspecified atom stereocenters. The quantitative estimate of drug-likeness (QED) is 0.878. The normalized spacial score (nSPS) is 12.5. The van der Waals surface area contributed by atoms with Crippen molar-refractivity contribution in [1.29, 1.82) is 0 Å². The van der Waals surface area contributed by atoms with Crippen molar-refractivity contribution in [2.75, 3.05) is 0 Å². The monoisotopic (exact) mass is 340 g/mol. The molecule has 1 atom stereocenters. The van der Waals surface area contributed by atoms with Crippen LogP contribution >= 0.6 is 0 Å². The minimum absolute atomic E-state index is 0.0668. The van der Waals surface area contributed by atoms with Crippen LogP contribution in [0, 0.1) is 0 Å². The van der Waals surface area contributed by atoms with Crippen LogP contribution in [0.5, 0.6) is 5.75 Å². The summed E-state index contributed by atoms with van der Waals surface area (Å²) < 4.78 is 43.8. The van der Waals surface area contributed by atoms with Crippen LogP contribution < -0.4 is 15.6 Å². The van der Waals surface area contributed by atoms with Crippen molar-refractivity contribution >= 4 is 5.91 Å². The fourth-order valence-electron chi connectivity index (χ4n) is 1.98. The number of aromatic nitrogens is 1. The molecule has 5 nitrogen and oxygen atoms in total. The van der Waals surface area contributed by atoms with Gasteiger partial charge in [0.25, 0.3) is 5.91 Å². The van der Waals surface area contributed by atoms with Gasteiger partial charge in [-0.05, 0) is 30.7 Å². The molecule has 0 spiro atoms. The molecule has 0 aliphatic carbocycles. The number of amides is 1. The Hall–Kier alpha value is -2.77. The Morgan fingerprint density at radius 3 is 2.67 bits per heavy atom. The highest BCUT2D eigenvalue weighted by Gasteiger charge is 2.34. The Bertz CT molecular complexity index is 771. The maximum atomic E-state index is 12.9. The van der Waals surface area contributed by atoms with Crippen molar-refractivity contribution < 1.29 is 22.7 Å². The number of pyridine rings is 1. The van der Waals surface area contributed by atoms with Gasteiger partial charge in [-0.2, -0.15) is 13.2 Å². The summed E-state index contributed by atoms with van der Waals surface area (Å²) in [5.74, 6) is -1.00. The SMILES string of the molecule is C[C@H](Oc1ccccc1C(F)(F)F)C(=O)NCc1cc[nH]c(=O)c1. The van der Waals surface area contributed by atoms with E-state index < -0.39 is 29.5 Å². The molecule has 0 aliphatic rings. The summed E-state index contributed by atoms with van der Waals surface area (Å²) >= 11 is 0. The molecule has 128 valence electrons. The molecule has 0 aliphatic heterocycles. The largest absolute Gasteiger partial charge is 0.480 e. The van der Waals surface area contributed by atoms with Gasteiger partial charge in [-0.25, -0.2) is 0 Å². The van der Waals surface area contributed by atoms with Crippen LogP contribution in [0.4, 0.5) is 13.2 Å². The Kier molecular flexibility index (Phi) is 5.28. The first-order valence-electron chi connectivity index (χ1n) is 7.05. The van der Waals surface area contributed by atoms with E-state index >= 15 is 0 Å². The van der Waals surface area contributed by atoms with E-state index in [-0.39, 0.29) is 12.1 Å². The summed E-state index contributed by atoms with van der Waals surface area (Å²) in [5.41, 5.74) is -0.695. The molecule has 2 aromatic rings. The summed E-state index contributed by atoms with van der Waals surface area (Å²) in [6.45, 7) is 1.41. The van der Waals surface area contributed by atoms with Crippen LogP contribution in [-0.2, 0) is 17.5 Å². The van der Waals surface area contributed by atoms with Crippen molar-refractivity contribution in [1.82, 2.24) is 10.3 Å². The molecule has 1 aromatic carbocycles. The lowest BCUT2D eigenvalue weighted by molar-refractivity contribution is -0.140. The van der Waals surface area contributed by atoms with Crippen LogP contribution in [0.3, 0.4) is 0 Å². The first kappa shape index (κ1) is 17.6. The number of para-hydroxylation sites is 1. The average molecular weight is 340 g/mol. The predicted molar refractivity (Wildman–Crippen MR) is 80.4 cm³/mol. The number of rotatable bonds is 5. The van der Waals surface area contributed by atoms with Gasteiger partial charge in [0, 0.05) is 18.8 Å². The van der Waals surface area contributed by atoms with Gasteiger partial charge in [-0.3, -0.25) is 9.59 Å². The number of carbonyl (C=O) groups is 1. The highest BCUT2D eigenvalue weighted by atomic mass is 19.4. The molecule has 1 amide bonds. The minimum Gasteiger partial charge on any atom is -0.480 e.